The number of rotatable bonds is 8. The number of nitrogens with one attached hydrogen (secondary N) is 3. The molecule has 9 heteroatoms. The fourth-order valence-electron chi connectivity index (χ4n) is 3.66. The highest BCUT2D eigenvalue weighted by molar-refractivity contribution is 6.09. The molecule has 172 valence electrons. The Bertz CT molecular complexity index is 1080. The van der Waals surface area contributed by atoms with E-state index in [1.54, 1.807) is 62.6 Å². The fourth-order valence-corrected chi connectivity index (χ4v) is 3.66. The normalized spacial score (nSPS) is 19.8. The number of anilines is 1. The molecule has 4 rings (SSSR count). The molecule has 0 radical (unpaired) electrons. The van der Waals surface area contributed by atoms with Crippen LogP contribution in [0, 0.1) is 5.92 Å². The van der Waals surface area contributed by atoms with Gasteiger partial charge < -0.3 is 20.7 Å². The van der Waals surface area contributed by atoms with Crippen molar-refractivity contribution >= 4 is 29.4 Å². The van der Waals surface area contributed by atoms with Gasteiger partial charge in [0.05, 0.1) is 7.11 Å². The maximum atomic E-state index is 13.0. The number of urea groups is 1. The summed E-state index contributed by atoms with van der Waals surface area (Å²) in [6.45, 7) is 1.46. The first-order chi connectivity index (χ1) is 15.8. The van der Waals surface area contributed by atoms with Gasteiger partial charge in [0, 0.05) is 18.2 Å². The largest absolute Gasteiger partial charge is 0.497 e. The molecule has 1 heterocycles. The molecular formula is C24H26N4O5. The molecular weight excluding hydrogens is 424 g/mol. The second-order valence-electron chi connectivity index (χ2n) is 8.41. The molecule has 0 aromatic heterocycles. The molecule has 2 aromatic rings. The molecule has 1 saturated carbocycles. The van der Waals surface area contributed by atoms with E-state index in [1.165, 1.54) is 0 Å². The van der Waals surface area contributed by atoms with E-state index in [9.17, 15) is 19.2 Å². The highest BCUT2D eigenvalue weighted by Crippen LogP contribution is 2.31. The third-order valence-corrected chi connectivity index (χ3v) is 5.90. The number of imide groups is 1. The summed E-state index contributed by atoms with van der Waals surface area (Å²) in [5.41, 5.74) is 0.871. The van der Waals surface area contributed by atoms with Crippen LogP contribution in [0.2, 0.25) is 0 Å². The van der Waals surface area contributed by atoms with Crippen molar-refractivity contribution in [2.75, 3.05) is 19.0 Å². The van der Waals surface area contributed by atoms with Gasteiger partial charge >= 0.3 is 6.03 Å². The fraction of sp³-hybridized carbons (Fsp3) is 0.333. The molecule has 2 fully saturated rings. The number of methoxy groups -OCH3 is 1. The second kappa shape index (κ2) is 8.93. The topological polar surface area (TPSA) is 117 Å². The quantitative estimate of drug-likeness (QED) is 0.533. The Balaban J connectivity index is 1.31. The Morgan fingerprint density at radius 1 is 1.09 bits per heavy atom. The van der Waals surface area contributed by atoms with E-state index in [1.807, 2.05) is 0 Å². The van der Waals surface area contributed by atoms with Crippen molar-refractivity contribution in [1.82, 2.24) is 15.5 Å². The molecule has 1 aliphatic carbocycles. The van der Waals surface area contributed by atoms with Crippen LogP contribution in [0.15, 0.2) is 48.5 Å². The van der Waals surface area contributed by atoms with E-state index in [0.717, 1.165) is 23.3 Å². The summed E-state index contributed by atoms with van der Waals surface area (Å²) in [6, 6.07) is 13.4. The lowest BCUT2D eigenvalue weighted by Crippen LogP contribution is -2.43. The lowest BCUT2D eigenvalue weighted by atomic mass is 9.92. The Labute approximate surface area is 191 Å². The predicted molar refractivity (Wildman–Crippen MR) is 120 cm³/mol. The van der Waals surface area contributed by atoms with Crippen molar-refractivity contribution < 1.29 is 23.9 Å². The zero-order valence-corrected chi connectivity index (χ0v) is 18.5. The van der Waals surface area contributed by atoms with Crippen LogP contribution in [0.25, 0.3) is 0 Å². The van der Waals surface area contributed by atoms with Crippen molar-refractivity contribution in [1.29, 1.82) is 0 Å². The van der Waals surface area contributed by atoms with Crippen LogP contribution >= 0.6 is 0 Å². The number of carbonyl (C=O) groups excluding carboxylic acids is 4. The summed E-state index contributed by atoms with van der Waals surface area (Å²) in [7, 11) is 1.54. The minimum Gasteiger partial charge on any atom is -0.497 e. The van der Waals surface area contributed by atoms with E-state index >= 15 is 0 Å². The maximum Gasteiger partial charge on any atom is 0.325 e. The Hall–Kier alpha value is -3.88. The highest BCUT2D eigenvalue weighted by Gasteiger charge is 2.49. The average Bonchev–Trinajstić information content (AvgIpc) is 3.64. The first kappa shape index (κ1) is 22.3. The monoisotopic (exact) mass is 450 g/mol. The molecule has 0 spiro atoms. The van der Waals surface area contributed by atoms with Crippen molar-refractivity contribution in [3.05, 3.63) is 59.7 Å². The zero-order chi connectivity index (χ0) is 23.6. The molecule has 2 aromatic carbocycles. The standard InChI is InChI=1S/C24H26N4O5/c1-24(17-7-11-19(33-2)12-8-17)22(31)28(23(32)27-24)14-20(29)25-13-15-3-9-18(10-4-15)26-21(30)16-5-6-16/h3-4,7-12,16H,5-6,13-14H2,1-2H3,(H,25,29)(H,26,30)(H,27,32). The first-order valence-corrected chi connectivity index (χ1v) is 10.8. The smallest absolute Gasteiger partial charge is 0.325 e. The minimum absolute atomic E-state index is 0.0336. The van der Waals surface area contributed by atoms with Crippen molar-refractivity contribution in [3.63, 3.8) is 0 Å². The molecule has 2 aliphatic rings. The third kappa shape index (κ3) is 4.82. The van der Waals surface area contributed by atoms with Crippen LogP contribution in [0.1, 0.15) is 30.9 Å². The van der Waals surface area contributed by atoms with E-state index in [2.05, 4.69) is 16.0 Å². The summed E-state index contributed by atoms with van der Waals surface area (Å²) in [5, 5.41) is 8.26. The van der Waals surface area contributed by atoms with Crippen LogP contribution in [-0.4, -0.2) is 42.3 Å². The Morgan fingerprint density at radius 3 is 2.36 bits per heavy atom. The molecule has 5 amide bonds. The van der Waals surface area contributed by atoms with Crippen LogP contribution < -0.4 is 20.7 Å². The number of hydrogen-bond donors (Lipinski definition) is 3. The van der Waals surface area contributed by atoms with Gasteiger partial charge in [-0.1, -0.05) is 24.3 Å². The van der Waals surface area contributed by atoms with Crippen molar-refractivity contribution in [3.8, 4) is 5.75 Å². The molecule has 1 saturated heterocycles. The number of nitrogens with zero attached hydrogens (tertiary/aromatic N) is 1. The van der Waals surface area contributed by atoms with Crippen LogP contribution in [-0.2, 0) is 26.5 Å². The average molecular weight is 450 g/mol. The second-order valence-corrected chi connectivity index (χ2v) is 8.41. The number of hydrogen-bond acceptors (Lipinski definition) is 5. The van der Waals surface area contributed by atoms with Gasteiger partial charge in [-0.15, -0.1) is 0 Å². The van der Waals surface area contributed by atoms with Gasteiger partial charge in [-0.25, -0.2) is 4.79 Å². The van der Waals surface area contributed by atoms with E-state index in [0.29, 0.717) is 17.0 Å². The SMILES string of the molecule is COc1ccc(C2(C)NC(=O)N(CC(=O)NCc3ccc(NC(=O)C4CC4)cc3)C2=O)cc1. The molecule has 1 atom stereocenters. The predicted octanol–water partition coefficient (Wildman–Crippen LogP) is 2.13. The third-order valence-electron chi connectivity index (χ3n) is 5.90. The van der Waals surface area contributed by atoms with E-state index < -0.39 is 23.4 Å². The van der Waals surface area contributed by atoms with Gasteiger partial charge in [-0.3, -0.25) is 19.3 Å². The lowest BCUT2D eigenvalue weighted by molar-refractivity contribution is -0.134. The van der Waals surface area contributed by atoms with Crippen LogP contribution in [0.3, 0.4) is 0 Å². The highest BCUT2D eigenvalue weighted by atomic mass is 16.5. The van der Waals surface area contributed by atoms with Gasteiger partial charge in [0.25, 0.3) is 5.91 Å². The molecule has 33 heavy (non-hydrogen) atoms. The molecule has 3 N–H and O–H groups in total. The number of benzene rings is 2. The number of carbonyl (C=O) groups is 4. The van der Waals surface area contributed by atoms with E-state index in [-0.39, 0.29) is 24.9 Å². The zero-order valence-electron chi connectivity index (χ0n) is 18.5. The first-order valence-electron chi connectivity index (χ1n) is 10.8. The Morgan fingerprint density at radius 2 is 1.76 bits per heavy atom. The number of ether oxygens (including phenoxy) is 1. The van der Waals surface area contributed by atoms with Crippen molar-refractivity contribution in [2.24, 2.45) is 5.92 Å². The van der Waals surface area contributed by atoms with E-state index in [4.69, 9.17) is 4.74 Å². The van der Waals surface area contributed by atoms with Gasteiger partial charge in [0.2, 0.25) is 11.8 Å². The molecule has 0 bridgehead atoms. The van der Waals surface area contributed by atoms with Crippen molar-refractivity contribution in [2.45, 2.75) is 31.8 Å². The Kier molecular flexibility index (Phi) is 6.04. The summed E-state index contributed by atoms with van der Waals surface area (Å²) in [6.07, 6.45) is 1.87. The summed E-state index contributed by atoms with van der Waals surface area (Å²) >= 11 is 0. The summed E-state index contributed by atoms with van der Waals surface area (Å²) in [4.78, 5) is 50.6. The lowest BCUT2D eigenvalue weighted by Gasteiger charge is -2.22. The van der Waals surface area contributed by atoms with Gasteiger partial charge in [-0.05, 0) is 55.2 Å². The van der Waals surface area contributed by atoms with Gasteiger partial charge in [-0.2, -0.15) is 0 Å². The summed E-state index contributed by atoms with van der Waals surface area (Å²) in [5.74, 6) is -0.159. The molecule has 1 unspecified atom stereocenters. The van der Waals surface area contributed by atoms with Gasteiger partial charge in [0.1, 0.15) is 17.8 Å². The summed E-state index contributed by atoms with van der Waals surface area (Å²) < 4.78 is 5.13. The van der Waals surface area contributed by atoms with Gasteiger partial charge in [0.15, 0.2) is 0 Å². The maximum absolute atomic E-state index is 13.0. The minimum atomic E-state index is -1.26. The molecule has 1 aliphatic heterocycles. The molecule has 9 nitrogen and oxygen atoms in total. The van der Waals surface area contributed by atoms with Crippen LogP contribution in [0.4, 0.5) is 10.5 Å². The number of amides is 5. The van der Waals surface area contributed by atoms with Crippen LogP contribution in [0.5, 0.6) is 5.75 Å².